The van der Waals surface area contributed by atoms with Gasteiger partial charge in [-0.05, 0) is 42.4 Å². The van der Waals surface area contributed by atoms with Crippen LogP contribution < -0.4 is 0 Å². The topological polar surface area (TPSA) is 47.9 Å². The van der Waals surface area contributed by atoms with E-state index >= 15 is 0 Å². The zero-order chi connectivity index (χ0) is 12.6. The van der Waals surface area contributed by atoms with Crippen molar-refractivity contribution in [1.29, 1.82) is 0 Å². The van der Waals surface area contributed by atoms with Crippen LogP contribution in [0.25, 0.3) is 0 Å². The minimum atomic E-state index is -0.890. The Hall–Kier alpha value is -0.160. The lowest BCUT2D eigenvalue weighted by atomic mass is 9.78. The first-order valence-electron chi connectivity index (χ1n) is 7.83. The Morgan fingerprint density at radius 2 is 1.79 bits per heavy atom. The van der Waals surface area contributed by atoms with E-state index in [0.717, 1.165) is 18.3 Å². The Bertz CT molecular complexity index is 400. The minimum Gasteiger partial charge on any atom is -0.377 e. The fraction of sp³-hybridized carbons (Fsp3) is 1.00. The number of rotatable bonds is 0. The average Bonchev–Trinajstić information content (AvgIpc) is 3.01. The molecule has 0 aromatic rings. The van der Waals surface area contributed by atoms with Gasteiger partial charge in [0.25, 0.3) is 0 Å². The Morgan fingerprint density at radius 3 is 2.74 bits per heavy atom. The molecule has 4 saturated carbocycles. The summed E-state index contributed by atoms with van der Waals surface area (Å²) in [5.74, 6) is 2.94. The highest BCUT2D eigenvalue weighted by Gasteiger charge is 2.73. The highest BCUT2D eigenvalue weighted by Crippen LogP contribution is 2.73. The van der Waals surface area contributed by atoms with Crippen molar-refractivity contribution in [3.8, 4) is 0 Å². The molecule has 2 bridgehead atoms. The summed E-state index contributed by atoms with van der Waals surface area (Å²) >= 11 is 0. The Balaban J connectivity index is 1.54. The molecule has 106 valence electrons. The summed E-state index contributed by atoms with van der Waals surface area (Å²) in [6.45, 7) is 2.42. The van der Waals surface area contributed by atoms with E-state index in [1.54, 1.807) is 0 Å². The molecule has 5 rings (SSSR count). The number of hydrogen-bond donors (Lipinski definition) is 1. The van der Waals surface area contributed by atoms with Crippen molar-refractivity contribution in [1.82, 2.24) is 0 Å². The van der Waals surface area contributed by atoms with Gasteiger partial charge >= 0.3 is 0 Å². The van der Waals surface area contributed by atoms with Gasteiger partial charge in [0.1, 0.15) is 0 Å². The predicted molar refractivity (Wildman–Crippen MR) is 66.3 cm³/mol. The molecule has 0 spiro atoms. The Kier molecular flexibility index (Phi) is 2.26. The molecule has 4 heteroatoms. The predicted octanol–water partition coefficient (Wildman–Crippen LogP) is 1.03. The van der Waals surface area contributed by atoms with Crippen LogP contribution in [-0.2, 0) is 14.2 Å². The Labute approximate surface area is 113 Å². The molecule has 5 fully saturated rings. The van der Waals surface area contributed by atoms with Crippen molar-refractivity contribution >= 4 is 0 Å². The molecule has 5 aliphatic rings. The first-order chi connectivity index (χ1) is 9.28. The van der Waals surface area contributed by atoms with E-state index in [1.807, 2.05) is 0 Å². The molecule has 19 heavy (non-hydrogen) atoms. The Morgan fingerprint density at radius 1 is 0.895 bits per heavy atom. The van der Waals surface area contributed by atoms with Gasteiger partial charge in [-0.3, -0.25) is 0 Å². The van der Waals surface area contributed by atoms with Gasteiger partial charge < -0.3 is 19.3 Å². The third-order valence-corrected chi connectivity index (χ3v) is 6.69. The average molecular weight is 266 g/mol. The summed E-state index contributed by atoms with van der Waals surface area (Å²) in [7, 11) is 0. The van der Waals surface area contributed by atoms with Crippen LogP contribution >= 0.6 is 0 Å². The highest BCUT2D eigenvalue weighted by molar-refractivity contribution is 5.19. The van der Waals surface area contributed by atoms with E-state index in [0.29, 0.717) is 56.2 Å². The molecule has 1 aliphatic heterocycles. The molecular weight excluding hydrogens is 244 g/mol. The first-order valence-corrected chi connectivity index (χ1v) is 7.83. The summed E-state index contributed by atoms with van der Waals surface area (Å²) in [4.78, 5) is 0. The maximum atomic E-state index is 11.0. The van der Waals surface area contributed by atoms with E-state index in [4.69, 9.17) is 14.2 Å². The largest absolute Gasteiger partial charge is 0.377 e. The zero-order valence-electron chi connectivity index (χ0n) is 11.2. The molecule has 8 atom stereocenters. The normalized spacial score (nSPS) is 62.7. The van der Waals surface area contributed by atoms with Crippen molar-refractivity contribution < 1.29 is 19.3 Å². The molecule has 0 aromatic heterocycles. The third-order valence-electron chi connectivity index (χ3n) is 6.69. The lowest BCUT2D eigenvalue weighted by Gasteiger charge is -2.35. The van der Waals surface area contributed by atoms with Gasteiger partial charge in [0.05, 0.1) is 32.5 Å². The van der Waals surface area contributed by atoms with Crippen LogP contribution in [-0.4, -0.2) is 43.4 Å². The molecule has 4 aliphatic carbocycles. The van der Waals surface area contributed by atoms with Gasteiger partial charge in [-0.2, -0.15) is 0 Å². The van der Waals surface area contributed by atoms with Gasteiger partial charge in [-0.15, -0.1) is 0 Å². The quantitative estimate of drug-likeness (QED) is 0.711. The van der Waals surface area contributed by atoms with Crippen LogP contribution in [0.3, 0.4) is 0 Å². The SMILES string of the molecule is O[C@@]12C[C@H]3[C@H]4C[C@@H](OCCOCCO1)[C@@H]1[C@H]4C[C@H]3[C@@H]12. The van der Waals surface area contributed by atoms with E-state index in [-0.39, 0.29) is 0 Å². The fourth-order valence-electron chi connectivity index (χ4n) is 6.37. The van der Waals surface area contributed by atoms with E-state index in [9.17, 15) is 5.11 Å². The molecule has 4 nitrogen and oxygen atoms in total. The van der Waals surface area contributed by atoms with Gasteiger partial charge in [0.2, 0.25) is 0 Å². The third kappa shape index (κ3) is 1.34. The standard InChI is InChI=1S/C15H22O4/c16-15-7-11-8-6-12(18-3-1-17-2-4-19-15)13-9(8)5-10(11)14(13)15/h8-14,16H,1-7H2/t8-,9-,10+,11-,12+,13-,14-,15-/m0/s1. The van der Waals surface area contributed by atoms with Crippen molar-refractivity contribution in [3.63, 3.8) is 0 Å². The first kappa shape index (κ1) is 11.5. The van der Waals surface area contributed by atoms with Crippen molar-refractivity contribution in [3.05, 3.63) is 0 Å². The lowest BCUT2D eigenvalue weighted by Crippen LogP contribution is -2.43. The van der Waals surface area contributed by atoms with Crippen LogP contribution in [0.2, 0.25) is 0 Å². The van der Waals surface area contributed by atoms with Gasteiger partial charge in [0.15, 0.2) is 5.79 Å². The molecule has 0 unspecified atom stereocenters. The number of fused-ring (bicyclic) bond motifs is 1. The second-order valence-electron chi connectivity index (χ2n) is 7.15. The van der Waals surface area contributed by atoms with Crippen molar-refractivity contribution in [2.24, 2.45) is 35.5 Å². The van der Waals surface area contributed by atoms with E-state index in [1.165, 1.54) is 12.8 Å². The van der Waals surface area contributed by atoms with E-state index < -0.39 is 5.79 Å². The van der Waals surface area contributed by atoms with Crippen LogP contribution in [0.5, 0.6) is 0 Å². The van der Waals surface area contributed by atoms with Crippen molar-refractivity contribution in [2.45, 2.75) is 31.2 Å². The summed E-state index contributed by atoms with van der Waals surface area (Å²) < 4.78 is 17.5. The van der Waals surface area contributed by atoms with Gasteiger partial charge in [0, 0.05) is 12.3 Å². The van der Waals surface area contributed by atoms with Crippen LogP contribution in [0.15, 0.2) is 0 Å². The van der Waals surface area contributed by atoms with Crippen LogP contribution in [0, 0.1) is 35.5 Å². The monoisotopic (exact) mass is 266 g/mol. The molecule has 1 heterocycles. The molecule has 1 saturated heterocycles. The summed E-state index contributed by atoms with van der Waals surface area (Å²) in [5, 5.41) is 11.0. The number of hydrogen-bond acceptors (Lipinski definition) is 4. The van der Waals surface area contributed by atoms with E-state index in [2.05, 4.69) is 0 Å². The highest BCUT2D eigenvalue weighted by atomic mass is 16.6. The fourth-order valence-corrected chi connectivity index (χ4v) is 6.37. The summed E-state index contributed by atoms with van der Waals surface area (Å²) in [5.41, 5.74) is 0. The number of ether oxygens (including phenoxy) is 3. The maximum absolute atomic E-state index is 11.0. The molecular formula is C15H22O4. The zero-order valence-corrected chi connectivity index (χ0v) is 11.2. The molecule has 0 amide bonds. The summed E-state index contributed by atoms with van der Waals surface area (Å²) in [6.07, 6.45) is 3.72. The second-order valence-corrected chi connectivity index (χ2v) is 7.15. The number of aliphatic hydroxyl groups is 1. The molecule has 0 aromatic carbocycles. The van der Waals surface area contributed by atoms with Crippen LogP contribution in [0.4, 0.5) is 0 Å². The lowest BCUT2D eigenvalue weighted by molar-refractivity contribution is -0.242. The van der Waals surface area contributed by atoms with Crippen LogP contribution in [0.1, 0.15) is 19.3 Å². The summed E-state index contributed by atoms with van der Waals surface area (Å²) in [6, 6.07) is 0. The molecule has 1 N–H and O–H groups in total. The van der Waals surface area contributed by atoms with Gasteiger partial charge in [-0.25, -0.2) is 0 Å². The maximum Gasteiger partial charge on any atom is 0.169 e. The smallest absolute Gasteiger partial charge is 0.169 e. The minimum absolute atomic E-state index is 0.323. The second kappa shape index (κ2) is 3.73. The molecule has 0 radical (unpaired) electrons. The van der Waals surface area contributed by atoms with Crippen molar-refractivity contribution in [2.75, 3.05) is 26.4 Å². The van der Waals surface area contributed by atoms with Gasteiger partial charge in [-0.1, -0.05) is 0 Å².